The second-order valence-corrected chi connectivity index (χ2v) is 8.38. The minimum Gasteiger partial charge on any atom is -0.377 e. The quantitative estimate of drug-likeness (QED) is 0.502. The molecule has 0 aromatic carbocycles. The molecule has 0 unspecified atom stereocenters. The van der Waals surface area contributed by atoms with Crippen LogP contribution in [-0.4, -0.2) is 29.7 Å². The molecule has 1 N–H and O–H groups in total. The molecule has 0 bridgehead atoms. The lowest BCUT2D eigenvalue weighted by molar-refractivity contribution is 0.131. The highest BCUT2D eigenvalue weighted by atomic mass is 79.9. The molecular weight excluding hydrogens is 453 g/mol. The number of halogens is 5. The van der Waals surface area contributed by atoms with E-state index in [1.165, 1.54) is 12.3 Å². The van der Waals surface area contributed by atoms with Crippen LogP contribution in [0.25, 0.3) is 11.3 Å². The van der Waals surface area contributed by atoms with Crippen LogP contribution in [-0.2, 0) is 21.2 Å². The fraction of sp³-hybridized carbons (Fsp3) is 0.308. The van der Waals surface area contributed by atoms with E-state index in [-0.39, 0.29) is 34.1 Å². The third-order valence-corrected chi connectivity index (χ3v) is 6.24. The maximum atomic E-state index is 13.4. The van der Waals surface area contributed by atoms with Crippen molar-refractivity contribution in [3.63, 3.8) is 0 Å². The second-order valence-electron chi connectivity index (χ2n) is 4.58. The Morgan fingerprint density at radius 1 is 1.42 bits per heavy atom. The summed E-state index contributed by atoms with van der Waals surface area (Å²) in [7, 11) is -5.14. The zero-order valence-electron chi connectivity index (χ0n) is 12.1. The zero-order chi connectivity index (χ0) is 18.1. The van der Waals surface area contributed by atoms with E-state index in [2.05, 4.69) is 25.9 Å². The van der Waals surface area contributed by atoms with Crippen LogP contribution in [0.2, 0.25) is 5.15 Å². The first-order chi connectivity index (χ1) is 11.1. The first kappa shape index (κ1) is 19.6. The van der Waals surface area contributed by atoms with Gasteiger partial charge in [-0.05, 0) is 46.6 Å². The summed E-state index contributed by atoms with van der Waals surface area (Å²) in [6.45, 7) is 1.76. The van der Waals surface area contributed by atoms with Crippen molar-refractivity contribution < 1.29 is 21.9 Å². The Bertz CT molecular complexity index is 836. The summed E-state index contributed by atoms with van der Waals surface area (Å²) in [5.41, 5.74) is 0.707. The molecule has 0 saturated heterocycles. The Kier molecular flexibility index (Phi) is 5.91. The zero-order valence-corrected chi connectivity index (χ0v) is 16.0. The van der Waals surface area contributed by atoms with E-state index >= 15 is 0 Å². The van der Waals surface area contributed by atoms with E-state index in [0.29, 0.717) is 5.56 Å². The first-order valence-electron chi connectivity index (χ1n) is 6.51. The van der Waals surface area contributed by atoms with Crippen molar-refractivity contribution in [2.75, 3.05) is 6.61 Å². The highest BCUT2D eigenvalue weighted by Gasteiger charge is 2.47. The van der Waals surface area contributed by atoms with E-state index in [9.17, 15) is 17.2 Å². The summed E-state index contributed by atoms with van der Waals surface area (Å²) in [6.07, 6.45) is 1.37. The van der Waals surface area contributed by atoms with Crippen molar-refractivity contribution in [2.45, 2.75) is 23.3 Å². The number of alkyl halides is 3. The molecule has 2 heterocycles. The summed E-state index contributed by atoms with van der Waals surface area (Å²) in [6, 6.07) is 3.04. The van der Waals surface area contributed by atoms with Crippen molar-refractivity contribution in [3.05, 3.63) is 33.5 Å². The molecule has 24 heavy (non-hydrogen) atoms. The molecule has 2 aromatic rings. The van der Waals surface area contributed by atoms with E-state index in [1.807, 2.05) is 0 Å². The third-order valence-electron chi connectivity index (χ3n) is 3.04. The van der Waals surface area contributed by atoms with Crippen molar-refractivity contribution in [3.8, 4) is 11.3 Å². The average molecular weight is 464 g/mol. The molecule has 0 atom stereocenters. The van der Waals surface area contributed by atoms with Crippen LogP contribution < -0.4 is 0 Å². The predicted octanol–water partition coefficient (Wildman–Crippen LogP) is 4.59. The Labute approximate surface area is 155 Å². The van der Waals surface area contributed by atoms with Crippen molar-refractivity contribution in [1.29, 1.82) is 0 Å². The van der Waals surface area contributed by atoms with Crippen LogP contribution in [0.5, 0.6) is 0 Å². The largest absolute Gasteiger partial charge is 0.428 e. The highest BCUT2D eigenvalue weighted by Crippen LogP contribution is 2.40. The number of ether oxygens (including phenoxy) is 1. The molecule has 11 heteroatoms. The molecule has 2 rings (SSSR count). The van der Waals surface area contributed by atoms with Crippen molar-refractivity contribution in [2.24, 2.45) is 0 Å². The summed E-state index contributed by atoms with van der Waals surface area (Å²) in [4.78, 5) is 6.36. The van der Waals surface area contributed by atoms with Crippen LogP contribution in [0.4, 0.5) is 8.78 Å². The lowest BCUT2D eigenvalue weighted by atomic mass is 10.2. The highest BCUT2D eigenvalue weighted by molar-refractivity contribution is 9.10. The van der Waals surface area contributed by atoms with Crippen LogP contribution in [0.3, 0.4) is 0 Å². The van der Waals surface area contributed by atoms with Gasteiger partial charge in [-0.1, -0.05) is 11.6 Å². The fourth-order valence-corrected chi connectivity index (χ4v) is 3.96. The number of nitrogens with zero attached hydrogens (tertiary/aromatic N) is 1. The minimum absolute atomic E-state index is 0.0159. The molecule has 0 saturated carbocycles. The molecule has 0 spiro atoms. The van der Waals surface area contributed by atoms with Crippen LogP contribution in [0.1, 0.15) is 12.5 Å². The Morgan fingerprint density at radius 3 is 2.58 bits per heavy atom. The Hall–Kier alpha value is -0.740. The van der Waals surface area contributed by atoms with Gasteiger partial charge in [0, 0.05) is 23.9 Å². The molecule has 0 aliphatic rings. The van der Waals surface area contributed by atoms with Gasteiger partial charge in [0.1, 0.15) is 10.2 Å². The van der Waals surface area contributed by atoms with Gasteiger partial charge < -0.3 is 9.72 Å². The smallest absolute Gasteiger partial charge is 0.377 e. The van der Waals surface area contributed by atoms with Gasteiger partial charge in [-0.15, -0.1) is 0 Å². The van der Waals surface area contributed by atoms with Gasteiger partial charge in [0.05, 0.1) is 16.8 Å². The second kappa shape index (κ2) is 7.25. The minimum atomic E-state index is -5.14. The Morgan fingerprint density at radius 2 is 2.08 bits per heavy atom. The SMILES string of the molecule is CCOCc1c(S(=O)(=O)C(F)(F)Cl)[nH]c(-c2ccc(Cl)nc2)c1Br. The number of aromatic nitrogens is 2. The van der Waals surface area contributed by atoms with Gasteiger partial charge in [-0.25, -0.2) is 13.4 Å². The molecular formula is C13H11BrCl2F2N2O3S. The average Bonchev–Trinajstić information content (AvgIpc) is 2.82. The number of aromatic amines is 1. The topological polar surface area (TPSA) is 72.1 Å². The van der Waals surface area contributed by atoms with Gasteiger partial charge >= 0.3 is 4.71 Å². The van der Waals surface area contributed by atoms with Crippen LogP contribution in [0, 0.1) is 0 Å². The predicted molar refractivity (Wildman–Crippen MR) is 90.0 cm³/mol. The fourth-order valence-electron chi connectivity index (χ4n) is 1.90. The van der Waals surface area contributed by atoms with Crippen molar-refractivity contribution >= 4 is 49.0 Å². The number of rotatable bonds is 6. The first-order valence-corrected chi connectivity index (χ1v) is 9.54. The summed E-state index contributed by atoms with van der Waals surface area (Å²) >= 11 is 13.7. The lowest BCUT2D eigenvalue weighted by Gasteiger charge is -2.10. The molecule has 0 aliphatic carbocycles. The number of hydrogen-bond donors (Lipinski definition) is 1. The maximum absolute atomic E-state index is 13.4. The normalized spacial score (nSPS) is 12.6. The van der Waals surface area contributed by atoms with Gasteiger partial charge in [0.15, 0.2) is 0 Å². The summed E-state index contributed by atoms with van der Waals surface area (Å²) < 4.78 is 51.8. The van der Waals surface area contributed by atoms with Gasteiger partial charge in [-0.2, -0.15) is 8.78 Å². The van der Waals surface area contributed by atoms with Gasteiger partial charge in [0.2, 0.25) is 0 Å². The van der Waals surface area contributed by atoms with E-state index in [1.54, 1.807) is 13.0 Å². The molecule has 0 fully saturated rings. The molecule has 132 valence electrons. The molecule has 0 aliphatic heterocycles. The molecule has 5 nitrogen and oxygen atoms in total. The number of sulfone groups is 1. The third kappa shape index (κ3) is 3.75. The van der Waals surface area contributed by atoms with Crippen molar-refractivity contribution in [1.82, 2.24) is 9.97 Å². The monoisotopic (exact) mass is 462 g/mol. The number of hydrogen-bond acceptors (Lipinski definition) is 4. The van der Waals surface area contributed by atoms with E-state index in [4.69, 9.17) is 27.9 Å². The Balaban J connectivity index is 2.66. The standard InChI is InChI=1S/C13H11BrCl2F2N2O3S/c1-2-23-6-8-10(14)11(7-3-4-9(15)19-5-7)20-12(8)24(21,22)13(16,17)18/h3-5,20H,2,6H2,1H3. The number of pyridine rings is 1. The summed E-state index contributed by atoms with van der Waals surface area (Å²) in [5, 5.41) is -0.483. The number of nitrogens with one attached hydrogen (secondary N) is 1. The summed E-state index contributed by atoms with van der Waals surface area (Å²) in [5.74, 6) is 0. The van der Waals surface area contributed by atoms with Crippen LogP contribution in [0.15, 0.2) is 27.8 Å². The maximum Gasteiger partial charge on any atom is 0.428 e. The van der Waals surface area contributed by atoms with E-state index < -0.39 is 19.6 Å². The number of H-pyrrole nitrogens is 1. The van der Waals surface area contributed by atoms with Gasteiger partial charge in [-0.3, -0.25) is 0 Å². The molecule has 0 amide bonds. The molecule has 0 radical (unpaired) electrons. The van der Waals surface area contributed by atoms with Crippen LogP contribution >= 0.6 is 39.1 Å². The molecule has 2 aromatic heterocycles. The van der Waals surface area contributed by atoms with E-state index in [0.717, 1.165) is 0 Å². The van der Waals surface area contributed by atoms with Gasteiger partial charge in [0.25, 0.3) is 9.84 Å². The lowest BCUT2D eigenvalue weighted by Crippen LogP contribution is -2.23.